The fraction of sp³-hybridized carbons (Fsp3) is 0.467. The lowest BCUT2D eigenvalue weighted by Crippen LogP contribution is -2.25. The van der Waals surface area contributed by atoms with Gasteiger partial charge in [0.25, 0.3) is 5.91 Å². The maximum absolute atomic E-state index is 11.6. The maximum atomic E-state index is 11.6. The standard InChI is InChI=1S/C15H22N2O2S/c1-3-9-20-11-14(18)17-10-12-5-7-13(8-6-12)15(19)16-4-2/h5-8H,3-4,9-11H2,1-2H3,(H,16,19)(H,17,18). The molecule has 2 N–H and O–H groups in total. The second kappa shape index (κ2) is 9.42. The quantitative estimate of drug-likeness (QED) is 0.723. The van der Waals surface area contributed by atoms with Crippen molar-refractivity contribution in [3.63, 3.8) is 0 Å². The third-order valence-corrected chi connectivity index (χ3v) is 3.79. The van der Waals surface area contributed by atoms with Crippen LogP contribution in [0.15, 0.2) is 24.3 Å². The van der Waals surface area contributed by atoms with Gasteiger partial charge in [-0.05, 0) is 36.8 Å². The molecule has 110 valence electrons. The number of benzene rings is 1. The summed E-state index contributed by atoms with van der Waals surface area (Å²) in [5.74, 6) is 1.50. The summed E-state index contributed by atoms with van der Waals surface area (Å²) in [4.78, 5) is 23.1. The van der Waals surface area contributed by atoms with E-state index in [2.05, 4.69) is 17.6 Å². The average Bonchev–Trinajstić information content (AvgIpc) is 2.46. The number of rotatable bonds is 8. The van der Waals surface area contributed by atoms with E-state index in [1.807, 2.05) is 19.1 Å². The molecular formula is C15H22N2O2S. The van der Waals surface area contributed by atoms with E-state index in [1.165, 1.54) is 0 Å². The van der Waals surface area contributed by atoms with Gasteiger partial charge in [0.1, 0.15) is 0 Å². The van der Waals surface area contributed by atoms with Crippen LogP contribution in [0.3, 0.4) is 0 Å². The first-order chi connectivity index (χ1) is 9.67. The van der Waals surface area contributed by atoms with E-state index in [9.17, 15) is 9.59 Å². The molecule has 0 heterocycles. The second-order valence-corrected chi connectivity index (χ2v) is 5.49. The number of nitrogens with one attached hydrogen (secondary N) is 2. The predicted molar refractivity (Wildman–Crippen MR) is 83.9 cm³/mol. The van der Waals surface area contributed by atoms with Crippen LogP contribution in [0.2, 0.25) is 0 Å². The van der Waals surface area contributed by atoms with E-state index in [-0.39, 0.29) is 11.8 Å². The van der Waals surface area contributed by atoms with Crippen molar-refractivity contribution in [2.75, 3.05) is 18.1 Å². The van der Waals surface area contributed by atoms with Crippen molar-refractivity contribution in [3.05, 3.63) is 35.4 Å². The minimum Gasteiger partial charge on any atom is -0.352 e. The van der Waals surface area contributed by atoms with Crippen molar-refractivity contribution in [2.45, 2.75) is 26.8 Å². The van der Waals surface area contributed by atoms with Crippen LogP contribution in [-0.4, -0.2) is 29.9 Å². The molecule has 2 amide bonds. The first-order valence-electron chi connectivity index (χ1n) is 6.89. The molecule has 4 nitrogen and oxygen atoms in total. The number of carbonyl (C=O) groups is 2. The van der Waals surface area contributed by atoms with Gasteiger partial charge in [-0.25, -0.2) is 0 Å². The topological polar surface area (TPSA) is 58.2 Å². The first-order valence-corrected chi connectivity index (χ1v) is 8.04. The Morgan fingerprint density at radius 1 is 1.10 bits per heavy atom. The third kappa shape index (κ3) is 6.10. The van der Waals surface area contributed by atoms with E-state index in [1.54, 1.807) is 23.9 Å². The minimum atomic E-state index is -0.0703. The highest BCUT2D eigenvalue weighted by molar-refractivity contribution is 7.99. The van der Waals surface area contributed by atoms with Gasteiger partial charge in [0.2, 0.25) is 5.91 Å². The molecule has 0 saturated carbocycles. The lowest BCUT2D eigenvalue weighted by molar-refractivity contribution is -0.118. The number of amides is 2. The molecule has 0 fully saturated rings. The van der Waals surface area contributed by atoms with Gasteiger partial charge in [-0.2, -0.15) is 11.8 Å². The number of hydrogen-bond donors (Lipinski definition) is 2. The molecule has 0 spiro atoms. The van der Waals surface area contributed by atoms with Gasteiger partial charge in [0.15, 0.2) is 0 Å². The smallest absolute Gasteiger partial charge is 0.251 e. The zero-order valence-electron chi connectivity index (χ0n) is 12.1. The summed E-state index contributed by atoms with van der Waals surface area (Å²) < 4.78 is 0. The monoisotopic (exact) mass is 294 g/mol. The first kappa shape index (κ1) is 16.6. The molecule has 0 atom stereocenters. The molecule has 5 heteroatoms. The van der Waals surface area contributed by atoms with E-state index in [0.717, 1.165) is 17.7 Å². The Kier molecular flexibility index (Phi) is 7.80. The molecule has 1 rings (SSSR count). The van der Waals surface area contributed by atoms with Crippen LogP contribution in [-0.2, 0) is 11.3 Å². The summed E-state index contributed by atoms with van der Waals surface area (Å²) >= 11 is 1.64. The highest BCUT2D eigenvalue weighted by Crippen LogP contribution is 2.05. The largest absolute Gasteiger partial charge is 0.352 e. The Morgan fingerprint density at radius 3 is 2.40 bits per heavy atom. The average molecular weight is 294 g/mol. The summed E-state index contributed by atoms with van der Waals surface area (Å²) in [6, 6.07) is 7.28. The Balaban J connectivity index is 2.38. The maximum Gasteiger partial charge on any atom is 0.251 e. The van der Waals surface area contributed by atoms with Gasteiger partial charge in [-0.15, -0.1) is 0 Å². The Morgan fingerprint density at radius 2 is 1.80 bits per heavy atom. The number of carbonyl (C=O) groups excluding carboxylic acids is 2. The van der Waals surface area contributed by atoms with Crippen molar-refractivity contribution < 1.29 is 9.59 Å². The summed E-state index contributed by atoms with van der Waals surface area (Å²) in [7, 11) is 0. The molecule has 0 bridgehead atoms. The molecule has 0 unspecified atom stereocenters. The van der Waals surface area contributed by atoms with Gasteiger partial charge in [0, 0.05) is 18.7 Å². The zero-order chi connectivity index (χ0) is 14.8. The summed E-state index contributed by atoms with van der Waals surface area (Å²) in [6.45, 7) is 5.10. The summed E-state index contributed by atoms with van der Waals surface area (Å²) in [5.41, 5.74) is 1.63. The minimum absolute atomic E-state index is 0.0521. The molecule has 1 aromatic rings. The van der Waals surface area contributed by atoms with Gasteiger partial charge in [-0.1, -0.05) is 19.1 Å². The van der Waals surface area contributed by atoms with Crippen molar-refractivity contribution in [1.82, 2.24) is 10.6 Å². The van der Waals surface area contributed by atoms with Gasteiger partial charge in [0.05, 0.1) is 5.75 Å². The number of thioether (sulfide) groups is 1. The Bertz CT molecular complexity index is 432. The van der Waals surface area contributed by atoms with Crippen LogP contribution in [0.1, 0.15) is 36.2 Å². The second-order valence-electron chi connectivity index (χ2n) is 4.39. The Labute approximate surface area is 124 Å². The molecule has 0 saturated heterocycles. The molecule has 0 aliphatic carbocycles. The molecule has 0 aliphatic heterocycles. The van der Waals surface area contributed by atoms with E-state index >= 15 is 0 Å². The van der Waals surface area contributed by atoms with Crippen molar-refractivity contribution in [3.8, 4) is 0 Å². The molecular weight excluding hydrogens is 272 g/mol. The van der Waals surface area contributed by atoms with Crippen molar-refractivity contribution in [2.24, 2.45) is 0 Å². The van der Waals surface area contributed by atoms with Crippen LogP contribution in [0.5, 0.6) is 0 Å². The third-order valence-electron chi connectivity index (χ3n) is 2.62. The van der Waals surface area contributed by atoms with Crippen molar-refractivity contribution in [1.29, 1.82) is 0 Å². The van der Waals surface area contributed by atoms with Crippen LogP contribution in [0, 0.1) is 0 Å². The van der Waals surface area contributed by atoms with Crippen LogP contribution < -0.4 is 10.6 Å². The lowest BCUT2D eigenvalue weighted by Gasteiger charge is -2.06. The van der Waals surface area contributed by atoms with Gasteiger partial charge in [-0.3, -0.25) is 9.59 Å². The van der Waals surface area contributed by atoms with Gasteiger partial charge >= 0.3 is 0 Å². The predicted octanol–water partition coefficient (Wildman–Crippen LogP) is 2.20. The van der Waals surface area contributed by atoms with Gasteiger partial charge < -0.3 is 10.6 Å². The Hall–Kier alpha value is -1.49. The number of hydrogen-bond acceptors (Lipinski definition) is 3. The van der Waals surface area contributed by atoms with E-state index in [4.69, 9.17) is 0 Å². The molecule has 0 aromatic heterocycles. The van der Waals surface area contributed by atoms with E-state index < -0.39 is 0 Å². The van der Waals surface area contributed by atoms with Crippen LogP contribution in [0.25, 0.3) is 0 Å². The highest BCUT2D eigenvalue weighted by Gasteiger charge is 2.04. The molecule has 0 radical (unpaired) electrons. The zero-order valence-corrected chi connectivity index (χ0v) is 12.9. The fourth-order valence-electron chi connectivity index (χ4n) is 1.60. The normalized spacial score (nSPS) is 10.1. The van der Waals surface area contributed by atoms with Crippen molar-refractivity contribution >= 4 is 23.6 Å². The highest BCUT2D eigenvalue weighted by atomic mass is 32.2. The summed E-state index contributed by atoms with van der Waals surface area (Å²) in [5, 5.41) is 5.62. The summed E-state index contributed by atoms with van der Waals surface area (Å²) in [6.07, 6.45) is 1.08. The molecule has 1 aromatic carbocycles. The fourth-order valence-corrected chi connectivity index (χ4v) is 2.32. The molecule has 20 heavy (non-hydrogen) atoms. The molecule has 0 aliphatic rings. The van der Waals surface area contributed by atoms with Crippen LogP contribution in [0.4, 0.5) is 0 Å². The van der Waals surface area contributed by atoms with Crippen LogP contribution >= 0.6 is 11.8 Å². The van der Waals surface area contributed by atoms with E-state index in [0.29, 0.717) is 24.4 Å². The lowest BCUT2D eigenvalue weighted by atomic mass is 10.1. The SMILES string of the molecule is CCCSCC(=O)NCc1ccc(C(=O)NCC)cc1.